The summed E-state index contributed by atoms with van der Waals surface area (Å²) < 4.78 is 0.984. The largest absolute Gasteiger partial charge is 0.397 e. The van der Waals surface area contributed by atoms with E-state index >= 15 is 0 Å². The molecule has 0 spiro atoms. The lowest BCUT2D eigenvalue weighted by atomic mass is 9.94. The summed E-state index contributed by atoms with van der Waals surface area (Å²) in [5.74, 6) is 0.0862. The topological polar surface area (TPSA) is 59.2 Å². The van der Waals surface area contributed by atoms with E-state index < -0.39 is 0 Å². The van der Waals surface area contributed by atoms with Crippen molar-refractivity contribution in [3.8, 4) is 0 Å². The van der Waals surface area contributed by atoms with Gasteiger partial charge in [0.2, 0.25) is 0 Å². The van der Waals surface area contributed by atoms with Gasteiger partial charge < -0.3 is 10.6 Å². The summed E-state index contributed by atoms with van der Waals surface area (Å²) in [4.78, 5) is 19.7. The van der Waals surface area contributed by atoms with E-state index in [0.717, 1.165) is 29.5 Å². The monoisotopic (exact) mass is 303 g/mol. The third-order valence-electron chi connectivity index (χ3n) is 4.34. The van der Waals surface area contributed by atoms with Crippen LogP contribution in [0.25, 0.3) is 10.1 Å². The molecule has 1 fully saturated rings. The van der Waals surface area contributed by atoms with Crippen molar-refractivity contribution in [3.05, 3.63) is 23.3 Å². The Labute approximate surface area is 129 Å². The number of aromatic nitrogens is 1. The van der Waals surface area contributed by atoms with E-state index in [1.807, 2.05) is 11.0 Å². The predicted molar refractivity (Wildman–Crippen MR) is 87.6 cm³/mol. The number of hydrogen-bond acceptors (Lipinski definition) is 4. The van der Waals surface area contributed by atoms with Crippen LogP contribution in [0.5, 0.6) is 0 Å². The number of amides is 1. The molecule has 0 bridgehead atoms. The maximum Gasteiger partial charge on any atom is 0.266 e. The van der Waals surface area contributed by atoms with Gasteiger partial charge in [-0.25, -0.2) is 0 Å². The molecule has 0 aromatic carbocycles. The first kappa shape index (κ1) is 14.3. The van der Waals surface area contributed by atoms with Crippen molar-refractivity contribution in [2.75, 3.05) is 12.3 Å². The third kappa shape index (κ3) is 2.62. The van der Waals surface area contributed by atoms with Crippen LogP contribution in [0.3, 0.4) is 0 Å². The summed E-state index contributed by atoms with van der Waals surface area (Å²) in [5, 5.41) is 0.943. The van der Waals surface area contributed by atoms with Crippen molar-refractivity contribution >= 4 is 33.0 Å². The van der Waals surface area contributed by atoms with E-state index in [1.165, 1.54) is 30.6 Å². The van der Waals surface area contributed by atoms with Gasteiger partial charge in [-0.3, -0.25) is 9.78 Å². The van der Waals surface area contributed by atoms with E-state index in [9.17, 15) is 4.79 Å². The highest BCUT2D eigenvalue weighted by Crippen LogP contribution is 2.35. The molecule has 2 aromatic heterocycles. The minimum absolute atomic E-state index is 0.0862. The first-order chi connectivity index (χ1) is 10.2. The molecule has 1 aliphatic rings. The first-order valence-electron chi connectivity index (χ1n) is 7.65. The molecular weight excluding hydrogens is 282 g/mol. The van der Waals surface area contributed by atoms with Crippen molar-refractivity contribution in [2.24, 2.45) is 0 Å². The Morgan fingerprint density at radius 2 is 2.19 bits per heavy atom. The molecule has 1 saturated carbocycles. The van der Waals surface area contributed by atoms with Gasteiger partial charge in [0.25, 0.3) is 5.91 Å². The maximum atomic E-state index is 12.9. The molecule has 0 saturated heterocycles. The Balaban J connectivity index is 1.92. The Morgan fingerprint density at radius 3 is 2.86 bits per heavy atom. The smallest absolute Gasteiger partial charge is 0.266 e. The molecule has 112 valence electrons. The van der Waals surface area contributed by atoms with Gasteiger partial charge in [0.1, 0.15) is 4.88 Å². The van der Waals surface area contributed by atoms with Crippen LogP contribution < -0.4 is 5.73 Å². The number of nitrogen functional groups attached to an aromatic ring is 1. The molecule has 0 radical (unpaired) electrons. The molecule has 3 rings (SSSR count). The highest BCUT2D eigenvalue weighted by atomic mass is 32.1. The summed E-state index contributed by atoms with van der Waals surface area (Å²) in [5.41, 5.74) is 6.81. The Morgan fingerprint density at radius 1 is 1.43 bits per heavy atom. The van der Waals surface area contributed by atoms with Gasteiger partial charge in [-0.2, -0.15) is 0 Å². The van der Waals surface area contributed by atoms with E-state index in [1.54, 1.807) is 12.4 Å². The van der Waals surface area contributed by atoms with Crippen LogP contribution in [0, 0.1) is 0 Å². The number of hydrogen-bond donors (Lipinski definition) is 1. The molecule has 2 heterocycles. The lowest BCUT2D eigenvalue weighted by Gasteiger charge is -2.33. The number of carbonyl (C=O) groups is 1. The van der Waals surface area contributed by atoms with Crippen LogP contribution in [0.4, 0.5) is 5.69 Å². The molecule has 1 amide bonds. The minimum Gasteiger partial charge on any atom is -0.397 e. The Hall–Kier alpha value is -1.62. The van der Waals surface area contributed by atoms with Gasteiger partial charge in [0, 0.05) is 30.4 Å². The van der Waals surface area contributed by atoms with Crippen molar-refractivity contribution in [1.29, 1.82) is 0 Å². The van der Waals surface area contributed by atoms with Gasteiger partial charge in [-0.1, -0.05) is 19.3 Å². The van der Waals surface area contributed by atoms with Crippen LogP contribution in [0.2, 0.25) is 0 Å². The van der Waals surface area contributed by atoms with Crippen LogP contribution in [-0.2, 0) is 0 Å². The first-order valence-corrected chi connectivity index (χ1v) is 8.47. The second-order valence-corrected chi connectivity index (χ2v) is 6.65. The number of thiophene rings is 1. The summed E-state index contributed by atoms with van der Waals surface area (Å²) in [6.45, 7) is 2.80. The molecule has 5 heteroatoms. The fourth-order valence-corrected chi connectivity index (χ4v) is 4.27. The number of nitrogens with zero attached hydrogens (tertiary/aromatic N) is 2. The summed E-state index contributed by atoms with van der Waals surface area (Å²) in [7, 11) is 0. The van der Waals surface area contributed by atoms with E-state index in [-0.39, 0.29) is 5.91 Å². The summed E-state index contributed by atoms with van der Waals surface area (Å²) in [6, 6.07) is 2.26. The molecule has 0 unspecified atom stereocenters. The number of nitrogens with two attached hydrogens (primary N) is 1. The normalized spacial score (nSPS) is 16.2. The fourth-order valence-electron chi connectivity index (χ4n) is 3.22. The maximum absolute atomic E-state index is 12.9. The lowest BCUT2D eigenvalue weighted by molar-refractivity contribution is 0.0654. The SMILES string of the molecule is CCN(C(=O)c1sc2cnccc2c1N)C1CCCCC1. The van der Waals surface area contributed by atoms with E-state index in [4.69, 9.17) is 5.73 Å². The zero-order valence-electron chi connectivity index (χ0n) is 12.3. The quantitative estimate of drug-likeness (QED) is 0.941. The van der Waals surface area contributed by atoms with E-state index in [0.29, 0.717) is 16.6 Å². The number of anilines is 1. The molecule has 4 nitrogen and oxygen atoms in total. The average molecular weight is 303 g/mol. The van der Waals surface area contributed by atoms with Gasteiger partial charge >= 0.3 is 0 Å². The molecule has 0 atom stereocenters. The van der Waals surface area contributed by atoms with Crippen LogP contribution >= 0.6 is 11.3 Å². The molecule has 1 aliphatic carbocycles. The highest BCUT2D eigenvalue weighted by Gasteiger charge is 2.27. The second kappa shape index (κ2) is 6.02. The molecular formula is C16H21N3OS. The van der Waals surface area contributed by atoms with Crippen molar-refractivity contribution in [1.82, 2.24) is 9.88 Å². The minimum atomic E-state index is 0.0862. The lowest BCUT2D eigenvalue weighted by Crippen LogP contribution is -2.41. The van der Waals surface area contributed by atoms with Gasteiger partial charge in [0.05, 0.1) is 10.4 Å². The number of carbonyl (C=O) groups excluding carboxylic acids is 1. The van der Waals surface area contributed by atoms with Crippen LogP contribution in [0.1, 0.15) is 48.7 Å². The number of rotatable bonds is 3. The fraction of sp³-hybridized carbons (Fsp3) is 0.500. The van der Waals surface area contributed by atoms with Crippen LogP contribution in [-0.4, -0.2) is 28.4 Å². The number of fused-ring (bicyclic) bond motifs is 1. The summed E-state index contributed by atoms with van der Waals surface area (Å²) >= 11 is 1.46. The molecule has 2 aromatic rings. The Kier molecular flexibility index (Phi) is 4.10. The van der Waals surface area contributed by atoms with Crippen molar-refractivity contribution in [3.63, 3.8) is 0 Å². The predicted octanol–water partition coefficient (Wildman–Crippen LogP) is 3.67. The second-order valence-electron chi connectivity index (χ2n) is 5.60. The van der Waals surface area contributed by atoms with Crippen molar-refractivity contribution in [2.45, 2.75) is 45.1 Å². The van der Waals surface area contributed by atoms with Gasteiger partial charge in [-0.15, -0.1) is 11.3 Å². The van der Waals surface area contributed by atoms with Gasteiger partial charge in [-0.05, 0) is 25.8 Å². The van der Waals surface area contributed by atoms with E-state index in [2.05, 4.69) is 11.9 Å². The standard InChI is InChI=1S/C16H21N3OS/c1-2-19(11-6-4-3-5-7-11)16(20)15-14(17)12-8-9-18-10-13(12)21-15/h8-11H,2-7,17H2,1H3. The molecule has 0 aliphatic heterocycles. The Bertz CT molecular complexity index is 646. The highest BCUT2D eigenvalue weighted by molar-refractivity contribution is 7.21. The zero-order chi connectivity index (χ0) is 14.8. The molecule has 21 heavy (non-hydrogen) atoms. The van der Waals surface area contributed by atoms with Crippen LogP contribution in [0.15, 0.2) is 18.5 Å². The van der Waals surface area contributed by atoms with Crippen molar-refractivity contribution < 1.29 is 4.79 Å². The van der Waals surface area contributed by atoms with Gasteiger partial charge in [0.15, 0.2) is 0 Å². The summed E-state index contributed by atoms with van der Waals surface area (Å²) in [6.07, 6.45) is 9.47. The molecule has 2 N–H and O–H groups in total. The third-order valence-corrected chi connectivity index (χ3v) is 5.49. The average Bonchev–Trinajstić information content (AvgIpc) is 2.87. The number of pyridine rings is 1. The zero-order valence-corrected chi connectivity index (χ0v) is 13.2.